The maximum atomic E-state index is 6.11. The van der Waals surface area contributed by atoms with Gasteiger partial charge in [0.05, 0.1) is 5.02 Å². The van der Waals surface area contributed by atoms with Crippen molar-refractivity contribution in [2.75, 3.05) is 0 Å². The number of hydrogen-bond acceptors (Lipinski definition) is 1. The Balaban J connectivity index is 0.000000267. The number of nitrogens with one attached hydrogen (secondary N) is 1. The molecule has 0 spiro atoms. The van der Waals surface area contributed by atoms with Gasteiger partial charge in [-0.15, -0.1) is 0 Å². The molecular formula is C36H47Cl2N. The molecule has 1 aliphatic rings. The fraction of sp³-hybridized carbons (Fsp3) is 0.389. The zero-order valence-corrected chi connectivity index (χ0v) is 26.4. The van der Waals surface area contributed by atoms with E-state index in [4.69, 9.17) is 23.2 Å². The van der Waals surface area contributed by atoms with Gasteiger partial charge in [-0.25, -0.2) is 0 Å². The van der Waals surface area contributed by atoms with Crippen LogP contribution in [0.15, 0.2) is 85.5 Å². The zero-order valence-electron chi connectivity index (χ0n) is 24.8. The minimum Gasteiger partial charge on any atom is -0.382 e. The van der Waals surface area contributed by atoms with Gasteiger partial charge in [0.2, 0.25) is 0 Å². The van der Waals surface area contributed by atoms with Gasteiger partial charge in [0, 0.05) is 27.7 Å². The molecule has 0 aromatic heterocycles. The van der Waals surface area contributed by atoms with Gasteiger partial charge in [-0.05, 0) is 66.6 Å². The van der Waals surface area contributed by atoms with Gasteiger partial charge in [0.15, 0.2) is 0 Å². The molecule has 210 valence electrons. The van der Waals surface area contributed by atoms with Crippen LogP contribution in [-0.2, 0) is 5.41 Å². The topological polar surface area (TPSA) is 12.0 Å². The number of allylic oxidation sites excluding steroid dienone is 1. The molecule has 4 rings (SSSR count). The minimum absolute atomic E-state index is 0.0162. The molecule has 1 nitrogen and oxygen atoms in total. The van der Waals surface area contributed by atoms with Crippen LogP contribution in [0.2, 0.25) is 10.0 Å². The van der Waals surface area contributed by atoms with E-state index in [1.54, 1.807) is 6.07 Å². The van der Waals surface area contributed by atoms with Crippen molar-refractivity contribution in [1.29, 1.82) is 0 Å². The van der Waals surface area contributed by atoms with Crippen LogP contribution in [0.1, 0.15) is 96.8 Å². The van der Waals surface area contributed by atoms with E-state index < -0.39 is 0 Å². The third kappa shape index (κ3) is 7.59. The largest absolute Gasteiger partial charge is 0.382 e. The Hall–Kier alpha value is -2.48. The van der Waals surface area contributed by atoms with Crippen molar-refractivity contribution in [3.63, 3.8) is 0 Å². The highest BCUT2D eigenvalue weighted by molar-refractivity contribution is 6.35. The summed E-state index contributed by atoms with van der Waals surface area (Å²) in [5.74, 6) is 0. The van der Waals surface area contributed by atoms with Crippen molar-refractivity contribution >= 4 is 28.9 Å². The summed E-state index contributed by atoms with van der Waals surface area (Å²) in [6.07, 6.45) is 7.12. The summed E-state index contributed by atoms with van der Waals surface area (Å²) < 4.78 is 0. The van der Waals surface area contributed by atoms with Crippen LogP contribution in [0.5, 0.6) is 0 Å². The monoisotopic (exact) mass is 563 g/mol. The molecular weight excluding hydrogens is 517 g/mol. The summed E-state index contributed by atoms with van der Waals surface area (Å²) in [5.41, 5.74) is 8.76. The molecule has 0 saturated heterocycles. The first-order chi connectivity index (χ1) is 18.8. The van der Waals surface area contributed by atoms with Gasteiger partial charge in [0.25, 0.3) is 0 Å². The Labute approximate surface area is 248 Å². The lowest BCUT2D eigenvalue weighted by Gasteiger charge is -2.33. The molecule has 0 unspecified atom stereocenters. The van der Waals surface area contributed by atoms with Gasteiger partial charge < -0.3 is 5.32 Å². The zero-order chi connectivity index (χ0) is 29.0. The highest BCUT2D eigenvalue weighted by Crippen LogP contribution is 2.54. The standard InChI is InChI=1S/C21H24.C13H17Cl2N.C2H6/c1-4-5-10-15-21(16(2)3)19-13-8-6-11-17(19)18-12-7-9-14-20(18)21;1-4-11(5-2)16-9(3)12-7-6-10(14)8-13(12)15;1-2/h6-9,11-14H,2,4-5,10,15H2,1,3H3;6-8,11,16H,3-5H2,1-2H3;1-2H3. The molecule has 0 amide bonds. The molecule has 3 aromatic rings. The third-order valence-corrected chi connectivity index (χ3v) is 8.12. The number of unbranched alkanes of at least 4 members (excludes halogenated alkanes) is 2. The Morgan fingerprint density at radius 3 is 1.82 bits per heavy atom. The first-order valence-corrected chi connectivity index (χ1v) is 15.3. The molecule has 0 radical (unpaired) electrons. The van der Waals surface area contributed by atoms with Gasteiger partial charge in [-0.2, -0.15) is 0 Å². The second-order valence-electron chi connectivity index (χ2n) is 9.99. The summed E-state index contributed by atoms with van der Waals surface area (Å²) >= 11 is 12.0. The molecule has 1 aliphatic carbocycles. The van der Waals surface area contributed by atoms with Crippen molar-refractivity contribution in [1.82, 2.24) is 5.32 Å². The Morgan fingerprint density at radius 2 is 1.36 bits per heavy atom. The van der Waals surface area contributed by atoms with Gasteiger partial charge in [0.1, 0.15) is 0 Å². The van der Waals surface area contributed by atoms with E-state index in [2.05, 4.69) is 94.7 Å². The fourth-order valence-electron chi connectivity index (χ4n) is 5.46. The van der Waals surface area contributed by atoms with Crippen LogP contribution < -0.4 is 5.32 Å². The van der Waals surface area contributed by atoms with Crippen LogP contribution in [0.3, 0.4) is 0 Å². The van der Waals surface area contributed by atoms with Crippen LogP contribution in [0.25, 0.3) is 16.8 Å². The lowest BCUT2D eigenvalue weighted by molar-refractivity contribution is 0.517. The second-order valence-corrected chi connectivity index (χ2v) is 10.8. The molecule has 0 fully saturated rings. The maximum absolute atomic E-state index is 6.11. The van der Waals surface area contributed by atoms with E-state index in [1.165, 1.54) is 53.5 Å². The van der Waals surface area contributed by atoms with E-state index in [-0.39, 0.29) is 5.41 Å². The van der Waals surface area contributed by atoms with Crippen LogP contribution >= 0.6 is 23.2 Å². The van der Waals surface area contributed by atoms with Crippen molar-refractivity contribution in [3.8, 4) is 11.1 Å². The van der Waals surface area contributed by atoms with E-state index >= 15 is 0 Å². The highest BCUT2D eigenvalue weighted by Gasteiger charge is 2.42. The van der Waals surface area contributed by atoms with Gasteiger partial charge >= 0.3 is 0 Å². The van der Waals surface area contributed by atoms with Crippen LogP contribution in [-0.4, -0.2) is 6.04 Å². The molecule has 3 heteroatoms. The van der Waals surface area contributed by atoms with Crippen molar-refractivity contribution in [3.05, 3.63) is 112 Å². The quantitative estimate of drug-likeness (QED) is 0.191. The van der Waals surface area contributed by atoms with Gasteiger partial charge in [-0.3, -0.25) is 0 Å². The molecule has 3 aromatic carbocycles. The third-order valence-electron chi connectivity index (χ3n) is 7.57. The molecule has 0 saturated carbocycles. The number of benzene rings is 3. The average molecular weight is 565 g/mol. The lowest BCUT2D eigenvalue weighted by atomic mass is 9.70. The van der Waals surface area contributed by atoms with E-state index in [0.717, 1.165) is 24.1 Å². The lowest BCUT2D eigenvalue weighted by Crippen LogP contribution is -2.26. The molecule has 39 heavy (non-hydrogen) atoms. The summed E-state index contributed by atoms with van der Waals surface area (Å²) in [4.78, 5) is 0. The number of rotatable bonds is 10. The molecule has 1 N–H and O–H groups in total. The predicted octanol–water partition coefficient (Wildman–Crippen LogP) is 11.9. The summed E-state index contributed by atoms with van der Waals surface area (Å²) in [7, 11) is 0. The number of fused-ring (bicyclic) bond motifs is 3. The Bertz CT molecular complexity index is 1180. The molecule has 0 heterocycles. The number of hydrogen-bond donors (Lipinski definition) is 1. The predicted molar refractivity (Wildman–Crippen MR) is 176 cm³/mol. The van der Waals surface area contributed by atoms with Crippen molar-refractivity contribution in [2.24, 2.45) is 0 Å². The van der Waals surface area contributed by atoms with Gasteiger partial charge in [-0.1, -0.05) is 144 Å². The first-order valence-electron chi connectivity index (χ1n) is 14.6. The Kier molecular flexibility index (Phi) is 13.4. The average Bonchev–Trinajstić information content (AvgIpc) is 3.24. The number of halogens is 2. The highest BCUT2D eigenvalue weighted by atomic mass is 35.5. The minimum atomic E-state index is 0.0162. The molecule has 0 aliphatic heterocycles. The van der Waals surface area contributed by atoms with Crippen molar-refractivity contribution < 1.29 is 0 Å². The maximum Gasteiger partial charge on any atom is 0.0513 e. The second kappa shape index (κ2) is 15.9. The van der Waals surface area contributed by atoms with Crippen LogP contribution in [0, 0.1) is 0 Å². The SMILES string of the molecule is C=C(C)C1(CCCCC)c2ccccc2-c2ccccc21.C=C(NC(CC)CC)c1ccc(Cl)cc1Cl.CC. The Morgan fingerprint density at radius 1 is 0.821 bits per heavy atom. The van der Waals surface area contributed by atoms with E-state index in [1.807, 2.05) is 26.0 Å². The van der Waals surface area contributed by atoms with Crippen LogP contribution in [0.4, 0.5) is 0 Å². The first kappa shape index (κ1) is 32.7. The normalized spacial score (nSPS) is 12.3. The van der Waals surface area contributed by atoms with Crippen molar-refractivity contribution in [2.45, 2.75) is 91.5 Å². The summed E-state index contributed by atoms with van der Waals surface area (Å²) in [5, 5.41) is 4.65. The molecule has 0 atom stereocenters. The summed E-state index contributed by atoms with van der Waals surface area (Å²) in [6, 6.07) is 23.7. The smallest absolute Gasteiger partial charge is 0.0513 e. The fourth-order valence-corrected chi connectivity index (χ4v) is 5.98. The van der Waals surface area contributed by atoms with E-state index in [0.29, 0.717) is 16.1 Å². The molecule has 0 bridgehead atoms. The summed E-state index contributed by atoms with van der Waals surface area (Å²) in [6.45, 7) is 21.2. The van der Waals surface area contributed by atoms with E-state index in [9.17, 15) is 0 Å².